The van der Waals surface area contributed by atoms with Crippen LogP contribution in [-0.4, -0.2) is 54.0 Å². The van der Waals surface area contributed by atoms with Gasteiger partial charge in [-0.1, -0.05) is 22.6 Å². The third-order valence-corrected chi connectivity index (χ3v) is 7.83. The Morgan fingerprint density at radius 3 is 2.61 bits per heavy atom. The molecule has 31 heavy (non-hydrogen) atoms. The van der Waals surface area contributed by atoms with Crippen molar-refractivity contribution in [1.82, 2.24) is 0 Å². The van der Waals surface area contributed by atoms with Gasteiger partial charge in [0.1, 0.15) is 41.7 Å². The van der Waals surface area contributed by atoms with Gasteiger partial charge >= 0.3 is 0 Å². The van der Waals surface area contributed by atoms with Gasteiger partial charge in [-0.3, -0.25) is 4.79 Å². The van der Waals surface area contributed by atoms with E-state index in [1.54, 1.807) is 45.4 Å². The van der Waals surface area contributed by atoms with Crippen molar-refractivity contribution in [3.8, 4) is 28.7 Å². The van der Waals surface area contributed by atoms with E-state index in [0.717, 1.165) is 11.1 Å². The maximum absolute atomic E-state index is 13.6. The number of Topliss-reactive ketones (excluding diaryl/α,β-unsaturated/α-hetero) is 1. The molecule has 1 unspecified atom stereocenters. The highest BCUT2D eigenvalue weighted by atomic mass is 124. The number of ketones is 1. The summed E-state index contributed by atoms with van der Waals surface area (Å²) in [5.74, 6) is 2.37. The lowest BCUT2D eigenvalue weighted by atomic mass is 9.81. The van der Waals surface area contributed by atoms with Gasteiger partial charge in [-0.25, -0.2) is 0 Å². The van der Waals surface area contributed by atoms with Crippen LogP contribution in [0.1, 0.15) is 34.3 Å². The van der Waals surface area contributed by atoms with Gasteiger partial charge in [0, 0.05) is 28.0 Å². The number of alkyl halides is 1. The molecule has 2 aromatic rings. The standard InChI is InChI=1S/C23H23IO7/c1-23(26,10-24)19-7-13-14(30-19)5-4-11-21(25)20-12-6-16(27-2)17(28-3)8-15(12)29-9-18(20)31-22(11)13/h4-6,8,18-20,26H,7,9-10H2,1-3H3/t18-,19?,20+,23+/m1/s1/i24-3. The number of benzene rings is 2. The third kappa shape index (κ3) is 3.14. The van der Waals surface area contributed by atoms with Crippen molar-refractivity contribution in [2.24, 2.45) is 0 Å². The number of carbonyl (C=O) groups is 1. The third-order valence-electron chi connectivity index (χ3n) is 6.28. The first kappa shape index (κ1) is 20.7. The second-order valence-electron chi connectivity index (χ2n) is 8.27. The van der Waals surface area contributed by atoms with E-state index < -0.39 is 17.6 Å². The van der Waals surface area contributed by atoms with Crippen LogP contribution in [-0.2, 0) is 6.42 Å². The van der Waals surface area contributed by atoms with E-state index in [-0.39, 0.29) is 18.5 Å². The number of hydrogen-bond donors (Lipinski definition) is 1. The van der Waals surface area contributed by atoms with E-state index in [4.69, 9.17) is 23.7 Å². The summed E-state index contributed by atoms with van der Waals surface area (Å²) in [7, 11) is 3.12. The molecule has 0 saturated carbocycles. The highest BCUT2D eigenvalue weighted by molar-refractivity contribution is 14.1. The molecule has 0 amide bonds. The molecule has 0 bridgehead atoms. The van der Waals surface area contributed by atoms with Gasteiger partial charge in [-0.15, -0.1) is 0 Å². The molecule has 5 rings (SSSR count). The van der Waals surface area contributed by atoms with Crippen molar-refractivity contribution in [2.45, 2.75) is 37.1 Å². The Hall–Kier alpha value is -2.20. The Labute approximate surface area is 193 Å². The summed E-state index contributed by atoms with van der Waals surface area (Å²) in [5, 5.41) is 10.7. The fraction of sp³-hybridized carbons (Fsp3) is 0.435. The zero-order valence-electron chi connectivity index (χ0n) is 17.4. The molecule has 3 heterocycles. The van der Waals surface area contributed by atoms with Crippen LogP contribution in [0, 0.1) is 0 Å². The van der Waals surface area contributed by atoms with Crippen molar-refractivity contribution >= 4 is 28.4 Å². The van der Waals surface area contributed by atoms with Crippen molar-refractivity contribution in [2.75, 3.05) is 25.3 Å². The van der Waals surface area contributed by atoms with E-state index in [1.165, 1.54) is 0 Å². The number of carbonyl (C=O) groups excluding carboxylic acids is 1. The summed E-state index contributed by atoms with van der Waals surface area (Å²) in [6.45, 7) is 2.01. The van der Waals surface area contributed by atoms with Crippen LogP contribution < -0.4 is 23.7 Å². The van der Waals surface area contributed by atoms with Crippen molar-refractivity contribution < 1.29 is 33.6 Å². The number of hydrogen-bond acceptors (Lipinski definition) is 7. The van der Waals surface area contributed by atoms with Crippen LogP contribution >= 0.6 is 22.6 Å². The minimum Gasteiger partial charge on any atom is -0.493 e. The molecule has 7 nitrogen and oxygen atoms in total. The molecule has 2 aromatic carbocycles. The van der Waals surface area contributed by atoms with Gasteiger partial charge in [0.15, 0.2) is 17.3 Å². The molecule has 0 aromatic heterocycles. The zero-order chi connectivity index (χ0) is 21.9. The lowest BCUT2D eigenvalue weighted by Gasteiger charge is -2.37. The molecule has 1 N–H and O–H groups in total. The molecule has 0 radical (unpaired) electrons. The largest absolute Gasteiger partial charge is 0.493 e. The first-order valence-electron chi connectivity index (χ1n) is 10.1. The predicted octanol–water partition coefficient (Wildman–Crippen LogP) is 3.31. The summed E-state index contributed by atoms with van der Waals surface area (Å²) in [4.78, 5) is 13.6. The predicted molar refractivity (Wildman–Crippen MR) is 121 cm³/mol. The molecule has 4 atom stereocenters. The van der Waals surface area contributed by atoms with E-state index >= 15 is 0 Å². The number of halogens is 1. The molecule has 0 saturated heterocycles. The average molecular weight is 535 g/mol. The van der Waals surface area contributed by atoms with Gasteiger partial charge in [-0.05, 0) is 25.1 Å². The number of ether oxygens (including phenoxy) is 5. The molecule has 8 heteroatoms. The second kappa shape index (κ2) is 7.44. The van der Waals surface area contributed by atoms with Crippen molar-refractivity contribution in [1.29, 1.82) is 0 Å². The number of aliphatic hydroxyl groups is 1. The lowest BCUT2D eigenvalue weighted by molar-refractivity contribution is -0.0167. The normalized spacial score (nSPS) is 24.9. The average Bonchev–Trinajstić information content (AvgIpc) is 3.23. The van der Waals surface area contributed by atoms with Gasteiger partial charge in [0.2, 0.25) is 0 Å². The Bertz CT molecular complexity index is 1060. The number of methoxy groups -OCH3 is 2. The van der Waals surface area contributed by atoms with Gasteiger partial charge in [0.05, 0.1) is 25.7 Å². The van der Waals surface area contributed by atoms with Gasteiger partial charge < -0.3 is 28.8 Å². The van der Waals surface area contributed by atoms with Crippen LogP contribution in [0.25, 0.3) is 0 Å². The number of fused-ring (bicyclic) bond motifs is 6. The Balaban J connectivity index is 1.55. The molecule has 0 spiro atoms. The fourth-order valence-corrected chi connectivity index (χ4v) is 4.99. The zero-order valence-corrected chi connectivity index (χ0v) is 19.6. The summed E-state index contributed by atoms with van der Waals surface area (Å²) in [5.41, 5.74) is 1.11. The first-order valence-corrected chi connectivity index (χ1v) is 11.6. The molecular formula is C23H23IO7. The van der Waals surface area contributed by atoms with E-state index in [1.807, 2.05) is 0 Å². The van der Waals surface area contributed by atoms with E-state index in [2.05, 4.69) is 22.6 Å². The van der Waals surface area contributed by atoms with Crippen LogP contribution in [0.2, 0.25) is 0 Å². The van der Waals surface area contributed by atoms with Crippen molar-refractivity contribution in [3.05, 3.63) is 41.0 Å². The molecule has 3 aliphatic rings. The Morgan fingerprint density at radius 1 is 1.16 bits per heavy atom. The Kier molecular flexibility index (Phi) is 4.97. The quantitative estimate of drug-likeness (QED) is 0.475. The maximum atomic E-state index is 13.6. The SMILES string of the molecule is COc1cc2c(cc1OC)[C@@H]1C(=O)c3ccc4c(c3O[C@@H]1CO2)CC([C@@](C)(O)C[124I])O4. The minimum atomic E-state index is -0.976. The van der Waals surface area contributed by atoms with Crippen LogP contribution in [0.3, 0.4) is 0 Å². The summed E-state index contributed by atoms with van der Waals surface area (Å²) in [6, 6.07) is 7.10. The Morgan fingerprint density at radius 2 is 1.90 bits per heavy atom. The summed E-state index contributed by atoms with van der Waals surface area (Å²) < 4.78 is 29.6. The minimum absolute atomic E-state index is 0.0186. The molecule has 164 valence electrons. The molecule has 0 fully saturated rings. The van der Waals surface area contributed by atoms with Gasteiger partial charge in [0.25, 0.3) is 0 Å². The fourth-order valence-electron chi connectivity index (χ4n) is 4.50. The smallest absolute Gasteiger partial charge is 0.178 e. The summed E-state index contributed by atoms with van der Waals surface area (Å²) >= 11 is 2.15. The van der Waals surface area contributed by atoms with Crippen LogP contribution in [0.5, 0.6) is 28.7 Å². The molecule has 3 aliphatic heterocycles. The highest BCUT2D eigenvalue weighted by Crippen LogP contribution is 2.50. The van der Waals surface area contributed by atoms with Crippen molar-refractivity contribution in [3.63, 3.8) is 0 Å². The van der Waals surface area contributed by atoms with Gasteiger partial charge in [-0.2, -0.15) is 0 Å². The van der Waals surface area contributed by atoms with Crippen LogP contribution in [0.15, 0.2) is 24.3 Å². The molecular weight excluding hydrogens is 512 g/mol. The topological polar surface area (TPSA) is 83.5 Å². The highest BCUT2D eigenvalue weighted by Gasteiger charge is 2.47. The van der Waals surface area contributed by atoms with E-state index in [9.17, 15) is 9.90 Å². The number of rotatable bonds is 4. The monoisotopic (exact) mass is 535 g/mol. The molecule has 0 aliphatic carbocycles. The van der Waals surface area contributed by atoms with Crippen LogP contribution in [0.4, 0.5) is 0 Å². The second-order valence-corrected chi connectivity index (χ2v) is 9.04. The van der Waals surface area contributed by atoms with E-state index in [0.29, 0.717) is 45.2 Å². The maximum Gasteiger partial charge on any atom is 0.178 e. The lowest BCUT2D eigenvalue weighted by Crippen LogP contribution is -2.44. The first-order chi connectivity index (χ1) is 14.9. The summed E-state index contributed by atoms with van der Waals surface area (Å²) in [6.07, 6.45) is -0.356.